The molecule has 20 nitrogen and oxygen atoms in total. The van der Waals surface area contributed by atoms with E-state index in [2.05, 4.69) is 11.3 Å². The number of aliphatic carboxylic acids is 6. The van der Waals surface area contributed by atoms with Crippen LogP contribution in [-0.4, -0.2) is 119 Å². The SMILES string of the molecule is C=C(O)CC.CC(=O)CC(=O)O.CC(=O)COCC(=O)O.CC(C)=O.CC(C)=O.O=C(O)/C=C/C(=O)O.O=C(O)C1CCCCC1.O=C(O)Cc1ccccc1.O=C(O)c1ccccc1. The molecule has 364 valence electrons. The summed E-state index contributed by atoms with van der Waals surface area (Å²) < 4.78 is 4.41. The number of aliphatic hydroxyl groups is 1. The summed E-state index contributed by atoms with van der Waals surface area (Å²) in [5, 5.41) is 64.9. The van der Waals surface area contributed by atoms with Crippen LogP contribution < -0.4 is 0 Å². The van der Waals surface area contributed by atoms with Gasteiger partial charge < -0.3 is 55.2 Å². The number of carboxylic acids is 7. The van der Waals surface area contributed by atoms with Crippen molar-refractivity contribution in [3.63, 3.8) is 0 Å². The molecule has 0 aromatic heterocycles. The predicted octanol–water partition coefficient (Wildman–Crippen LogP) is 6.45. The maximum Gasteiger partial charge on any atom is 0.335 e. The molecule has 2 aromatic carbocycles. The lowest BCUT2D eigenvalue weighted by atomic mass is 9.90. The molecule has 1 fully saturated rings. The Morgan fingerprint density at radius 3 is 1.17 bits per heavy atom. The fourth-order valence-electron chi connectivity index (χ4n) is 3.34. The quantitative estimate of drug-likeness (QED) is 0.0608. The first-order valence-electron chi connectivity index (χ1n) is 19.2. The van der Waals surface area contributed by atoms with Crippen molar-refractivity contribution in [1.82, 2.24) is 0 Å². The van der Waals surface area contributed by atoms with Crippen molar-refractivity contribution < 1.29 is 98.3 Å². The van der Waals surface area contributed by atoms with Crippen LogP contribution >= 0.6 is 0 Å². The van der Waals surface area contributed by atoms with E-state index in [0.717, 1.165) is 31.2 Å². The zero-order valence-corrected chi connectivity index (χ0v) is 37.8. The maximum absolute atomic E-state index is 10.4. The monoisotopic (exact) mass is 924 g/mol. The van der Waals surface area contributed by atoms with Crippen molar-refractivity contribution in [2.75, 3.05) is 13.2 Å². The molecule has 1 aliphatic carbocycles. The molecule has 0 unspecified atom stereocenters. The zero-order valence-electron chi connectivity index (χ0n) is 37.8. The van der Waals surface area contributed by atoms with Gasteiger partial charge in [0, 0.05) is 18.6 Å². The van der Waals surface area contributed by atoms with Crippen LogP contribution in [0.15, 0.2) is 85.2 Å². The highest BCUT2D eigenvalue weighted by atomic mass is 16.5. The number of aliphatic hydroxyl groups excluding tert-OH is 1. The molecule has 0 amide bonds. The smallest absolute Gasteiger partial charge is 0.335 e. The molecule has 0 atom stereocenters. The number of benzene rings is 2. The van der Waals surface area contributed by atoms with Crippen molar-refractivity contribution in [3.05, 3.63) is 96.3 Å². The van der Waals surface area contributed by atoms with Crippen molar-refractivity contribution in [1.29, 1.82) is 0 Å². The third-order valence-corrected chi connectivity index (χ3v) is 5.88. The standard InChI is InChI=1S/C8H8O2.C7H12O2.C7H6O2.C5H8O4.C4H4O4.C4H6O3.C4H8O.2C3H6O/c9-8(10)6-7-4-2-1-3-5-7;2*8-7(9)6-4-2-1-3-5-6;1-4(6)2-9-3-5(7)8;5-3(6)1-2-4(7)8;1-3(5)2-4(6)7;1-3-4(2)5;2*1-3(2)4/h1-5H,6H2,(H,9,10);6H,1-5H2,(H,8,9);1-5H,(H,8,9);2-3H2,1H3,(H,7,8);1-2H,(H,5,6)(H,7,8);2H2,1H3,(H,6,7);5H,2-3H2,1H3;2*1-2H3/b;;;;2-1+;;;;. The number of hydrogen-bond acceptors (Lipinski definition) is 13. The van der Waals surface area contributed by atoms with Gasteiger partial charge in [0.1, 0.15) is 37.0 Å². The van der Waals surface area contributed by atoms with Crippen molar-refractivity contribution in [2.24, 2.45) is 5.92 Å². The highest BCUT2D eigenvalue weighted by molar-refractivity contribution is 5.93. The molecule has 0 heterocycles. The van der Waals surface area contributed by atoms with E-state index in [1.807, 2.05) is 25.1 Å². The molecule has 0 bridgehead atoms. The average Bonchev–Trinajstić information content (AvgIpc) is 3.18. The number of ether oxygens (including phenoxy) is 1. The van der Waals surface area contributed by atoms with Crippen LogP contribution in [0.3, 0.4) is 0 Å². The number of carbonyl (C=O) groups excluding carboxylic acids is 4. The summed E-state index contributed by atoms with van der Waals surface area (Å²) in [5.74, 6) is -6.83. The minimum absolute atomic E-state index is 0.0289. The molecule has 0 spiro atoms. The van der Waals surface area contributed by atoms with Crippen LogP contribution in [0.5, 0.6) is 0 Å². The van der Waals surface area contributed by atoms with Crippen LogP contribution in [0, 0.1) is 5.92 Å². The normalized spacial score (nSPS) is 10.3. The molecule has 1 saturated carbocycles. The number of carbonyl (C=O) groups is 11. The van der Waals surface area contributed by atoms with Crippen molar-refractivity contribution in [3.8, 4) is 0 Å². The van der Waals surface area contributed by atoms with Crippen LogP contribution in [0.1, 0.15) is 109 Å². The van der Waals surface area contributed by atoms with E-state index in [0.29, 0.717) is 24.1 Å². The molecule has 2 aromatic rings. The molecule has 8 N–H and O–H groups in total. The Kier molecular flexibility index (Phi) is 50.9. The molecule has 0 radical (unpaired) electrons. The lowest BCUT2D eigenvalue weighted by Gasteiger charge is -2.16. The Bertz CT molecular complexity index is 1680. The number of allylic oxidation sites excluding steroid dienone is 1. The second kappa shape index (κ2) is 47.7. The molecule has 20 heteroatoms. The second-order valence-electron chi connectivity index (χ2n) is 13.0. The Hall–Kier alpha value is -7.35. The lowest BCUT2D eigenvalue weighted by Crippen LogP contribution is -2.16. The van der Waals surface area contributed by atoms with E-state index in [9.17, 15) is 52.7 Å². The van der Waals surface area contributed by atoms with E-state index >= 15 is 0 Å². The lowest BCUT2D eigenvalue weighted by molar-refractivity contribution is -0.144. The second-order valence-corrected chi connectivity index (χ2v) is 13.0. The minimum Gasteiger partial charge on any atom is -0.513 e. The van der Waals surface area contributed by atoms with Gasteiger partial charge in [-0.15, -0.1) is 0 Å². The van der Waals surface area contributed by atoms with Gasteiger partial charge in [0.2, 0.25) is 0 Å². The molecular weight excluding hydrogens is 860 g/mol. The zero-order chi connectivity index (χ0) is 51.9. The molecule has 65 heavy (non-hydrogen) atoms. The van der Waals surface area contributed by atoms with Gasteiger partial charge in [-0.2, -0.15) is 0 Å². The summed E-state index contributed by atoms with van der Waals surface area (Å²) in [6.07, 6.45) is 6.77. The van der Waals surface area contributed by atoms with Crippen LogP contribution in [0.2, 0.25) is 0 Å². The van der Waals surface area contributed by atoms with Crippen molar-refractivity contribution >= 4 is 64.9 Å². The van der Waals surface area contributed by atoms with Crippen LogP contribution in [0.4, 0.5) is 0 Å². The van der Waals surface area contributed by atoms with Gasteiger partial charge in [0.25, 0.3) is 0 Å². The number of hydrogen-bond donors (Lipinski definition) is 8. The summed E-state index contributed by atoms with van der Waals surface area (Å²) in [5.41, 5.74) is 1.17. The van der Waals surface area contributed by atoms with E-state index in [1.165, 1.54) is 48.0 Å². The maximum atomic E-state index is 10.4. The highest BCUT2D eigenvalue weighted by Crippen LogP contribution is 2.23. The van der Waals surface area contributed by atoms with E-state index in [1.54, 1.807) is 42.5 Å². The van der Waals surface area contributed by atoms with Gasteiger partial charge in [0.15, 0.2) is 5.78 Å². The van der Waals surface area contributed by atoms with Crippen LogP contribution in [0.25, 0.3) is 0 Å². The molecule has 3 rings (SSSR count). The van der Waals surface area contributed by atoms with E-state index < -0.39 is 48.4 Å². The third kappa shape index (κ3) is 81.2. The minimum atomic E-state index is -1.26. The molecule has 0 aliphatic heterocycles. The van der Waals surface area contributed by atoms with Gasteiger partial charge in [0.05, 0.1) is 23.7 Å². The molecular formula is C45H64O20. The Balaban J connectivity index is -0.000000153. The molecule has 0 saturated heterocycles. The number of aromatic carboxylic acids is 1. The number of ketones is 4. The summed E-state index contributed by atoms with van der Waals surface area (Å²) in [4.78, 5) is 108. The first-order valence-corrected chi connectivity index (χ1v) is 19.2. The summed E-state index contributed by atoms with van der Waals surface area (Å²) in [7, 11) is 0. The fraction of sp³-hybridized carbons (Fsp3) is 0.400. The Labute approximate surface area is 377 Å². The van der Waals surface area contributed by atoms with Crippen molar-refractivity contribution in [2.45, 2.75) is 99.8 Å². The summed E-state index contributed by atoms with van der Waals surface area (Å²) >= 11 is 0. The van der Waals surface area contributed by atoms with Gasteiger partial charge in [-0.3, -0.25) is 24.0 Å². The van der Waals surface area contributed by atoms with Gasteiger partial charge in [-0.1, -0.05) is 81.3 Å². The topological polar surface area (TPSA) is 359 Å². The van der Waals surface area contributed by atoms with Gasteiger partial charge in [-0.05, 0) is 72.1 Å². The Morgan fingerprint density at radius 1 is 0.569 bits per heavy atom. The highest BCUT2D eigenvalue weighted by Gasteiger charge is 2.19. The van der Waals surface area contributed by atoms with Crippen LogP contribution in [-0.2, 0) is 59.1 Å². The van der Waals surface area contributed by atoms with E-state index in [4.69, 9.17) is 40.9 Å². The van der Waals surface area contributed by atoms with Gasteiger partial charge >= 0.3 is 41.8 Å². The fourth-order valence-corrected chi connectivity index (χ4v) is 3.34. The third-order valence-electron chi connectivity index (χ3n) is 5.88. The largest absolute Gasteiger partial charge is 0.513 e. The Morgan fingerprint density at radius 2 is 0.954 bits per heavy atom. The summed E-state index contributed by atoms with van der Waals surface area (Å²) in [6, 6.07) is 17.4. The first-order chi connectivity index (χ1) is 30.0. The first kappa shape index (κ1) is 69.4. The molecule has 1 aliphatic rings. The number of carboxylic acid groups (broad SMARTS) is 7. The number of rotatable bonds is 13. The van der Waals surface area contributed by atoms with Gasteiger partial charge in [-0.25, -0.2) is 19.2 Å². The summed E-state index contributed by atoms with van der Waals surface area (Å²) in [6.45, 7) is 13.2. The number of Topliss-reactive ketones (excluding diaryl/α,β-unsaturated/α-hetero) is 4. The predicted molar refractivity (Wildman–Crippen MR) is 237 cm³/mol. The van der Waals surface area contributed by atoms with E-state index in [-0.39, 0.29) is 54.3 Å². The average molecular weight is 925 g/mol.